The van der Waals surface area contributed by atoms with E-state index in [4.69, 9.17) is 4.74 Å². The molecule has 1 aliphatic heterocycles. The van der Waals surface area contributed by atoms with Crippen LogP contribution in [0.3, 0.4) is 0 Å². The lowest BCUT2D eigenvalue weighted by atomic mass is 9.95. The lowest BCUT2D eigenvalue weighted by Crippen LogP contribution is -2.22. The third-order valence-corrected chi connectivity index (χ3v) is 6.09. The Hall–Kier alpha value is -3.64. The fraction of sp³-hybridized carbons (Fsp3) is 0.231. The second kappa shape index (κ2) is 7.80. The van der Waals surface area contributed by atoms with Gasteiger partial charge in [-0.2, -0.15) is 0 Å². The molecule has 32 heavy (non-hydrogen) atoms. The lowest BCUT2D eigenvalue weighted by molar-refractivity contribution is -0.122. The number of benzene rings is 2. The summed E-state index contributed by atoms with van der Waals surface area (Å²) in [5.74, 6) is -0.705. The lowest BCUT2D eigenvalue weighted by Gasteiger charge is -2.05. The smallest absolute Gasteiger partial charge is 0.259 e. The van der Waals surface area contributed by atoms with Gasteiger partial charge in [-0.3, -0.25) is 14.9 Å². The van der Waals surface area contributed by atoms with Gasteiger partial charge in [0.05, 0.1) is 17.8 Å². The van der Waals surface area contributed by atoms with Gasteiger partial charge in [-0.15, -0.1) is 0 Å². The molecule has 1 N–H and O–H groups in total. The van der Waals surface area contributed by atoms with Crippen molar-refractivity contribution >= 4 is 44.8 Å². The number of methoxy groups -OCH3 is 1. The average molecular weight is 428 g/mol. The molecule has 4 aromatic rings. The average Bonchev–Trinajstić information content (AvgIpc) is 3.39. The molecular formula is C26H25N3O3. The Bertz CT molecular complexity index is 1420. The molecule has 0 unspecified atom stereocenters. The molecule has 6 heteroatoms. The summed E-state index contributed by atoms with van der Waals surface area (Å²) in [5.41, 5.74) is 5.54. The van der Waals surface area contributed by atoms with E-state index in [1.807, 2.05) is 60.4 Å². The van der Waals surface area contributed by atoms with Crippen molar-refractivity contribution in [3.63, 3.8) is 0 Å². The van der Waals surface area contributed by atoms with Crippen LogP contribution in [0.25, 0.3) is 33.0 Å². The van der Waals surface area contributed by atoms with Crippen molar-refractivity contribution in [2.75, 3.05) is 7.11 Å². The second-order valence-corrected chi connectivity index (χ2v) is 8.22. The first-order valence-electron chi connectivity index (χ1n) is 10.8. The van der Waals surface area contributed by atoms with E-state index in [0.29, 0.717) is 17.8 Å². The molecule has 0 bridgehead atoms. The molecule has 2 aromatic carbocycles. The molecular weight excluding hydrogens is 402 g/mol. The quantitative estimate of drug-likeness (QED) is 0.468. The van der Waals surface area contributed by atoms with Crippen LogP contribution in [0.15, 0.2) is 54.9 Å². The normalized spacial score (nSPS) is 14.2. The van der Waals surface area contributed by atoms with Crippen molar-refractivity contribution in [1.82, 2.24) is 14.5 Å². The minimum atomic E-state index is -0.353. The molecule has 0 aliphatic carbocycles. The van der Waals surface area contributed by atoms with Gasteiger partial charge < -0.3 is 13.9 Å². The Kier molecular flexibility index (Phi) is 4.94. The molecule has 5 rings (SSSR count). The van der Waals surface area contributed by atoms with Crippen molar-refractivity contribution in [2.24, 2.45) is 7.05 Å². The molecule has 0 atom stereocenters. The number of aromatic nitrogens is 2. The van der Waals surface area contributed by atoms with E-state index >= 15 is 0 Å². The van der Waals surface area contributed by atoms with Crippen molar-refractivity contribution in [2.45, 2.75) is 26.5 Å². The van der Waals surface area contributed by atoms with Gasteiger partial charge in [0.25, 0.3) is 11.8 Å². The maximum atomic E-state index is 13.1. The molecule has 3 heterocycles. The largest absolute Gasteiger partial charge is 0.380 e. The standard InChI is InChI=1S/C26H25N3O3/c1-4-11-29-14-20(18-10-9-16(15-32-3)12-22(18)29)24-23(25(30)27-26(24)31)19-13-28(2)21-8-6-5-7-17(19)21/h5-10,12-14H,4,11,15H2,1-3H3,(H,27,30,31). The molecule has 6 nitrogen and oxygen atoms in total. The van der Waals surface area contributed by atoms with Crippen molar-refractivity contribution in [3.05, 3.63) is 71.5 Å². The maximum absolute atomic E-state index is 13.1. The van der Waals surface area contributed by atoms with Gasteiger partial charge in [0.15, 0.2) is 0 Å². The summed E-state index contributed by atoms with van der Waals surface area (Å²) in [6.07, 6.45) is 4.89. The number of ether oxygens (including phenoxy) is 1. The molecule has 2 amide bonds. The number of carbonyl (C=O) groups is 2. The van der Waals surface area contributed by atoms with Crippen LogP contribution in [-0.4, -0.2) is 28.1 Å². The summed E-state index contributed by atoms with van der Waals surface area (Å²) < 4.78 is 9.45. The molecule has 0 saturated heterocycles. The Morgan fingerprint density at radius 1 is 0.906 bits per heavy atom. The van der Waals surface area contributed by atoms with Crippen LogP contribution < -0.4 is 5.32 Å². The van der Waals surface area contributed by atoms with Gasteiger partial charge in [0, 0.05) is 66.0 Å². The molecule has 0 spiro atoms. The van der Waals surface area contributed by atoms with E-state index < -0.39 is 0 Å². The number of para-hydroxylation sites is 1. The van der Waals surface area contributed by atoms with Crippen LogP contribution in [0.4, 0.5) is 0 Å². The summed E-state index contributed by atoms with van der Waals surface area (Å²) in [4.78, 5) is 26.1. The zero-order valence-corrected chi connectivity index (χ0v) is 18.4. The molecule has 2 aromatic heterocycles. The number of nitrogens with one attached hydrogen (secondary N) is 1. The number of amides is 2. The van der Waals surface area contributed by atoms with Crippen LogP contribution >= 0.6 is 0 Å². The summed E-state index contributed by atoms with van der Waals surface area (Å²) in [6.45, 7) is 3.46. The number of fused-ring (bicyclic) bond motifs is 2. The molecule has 0 saturated carbocycles. The van der Waals surface area contributed by atoms with Crippen LogP contribution in [0.1, 0.15) is 30.0 Å². The number of imide groups is 1. The third kappa shape index (κ3) is 3.07. The zero-order chi connectivity index (χ0) is 22.4. The number of carbonyl (C=O) groups excluding carboxylic acids is 2. The Morgan fingerprint density at radius 2 is 1.59 bits per heavy atom. The minimum Gasteiger partial charge on any atom is -0.380 e. The van der Waals surface area contributed by atoms with E-state index in [9.17, 15) is 9.59 Å². The topological polar surface area (TPSA) is 65.3 Å². The highest BCUT2D eigenvalue weighted by Gasteiger charge is 2.35. The fourth-order valence-electron chi connectivity index (χ4n) is 4.73. The van der Waals surface area contributed by atoms with Gasteiger partial charge in [-0.05, 0) is 24.1 Å². The Balaban J connectivity index is 1.80. The maximum Gasteiger partial charge on any atom is 0.259 e. The van der Waals surface area contributed by atoms with Crippen molar-refractivity contribution in [3.8, 4) is 0 Å². The fourth-order valence-corrected chi connectivity index (χ4v) is 4.73. The second-order valence-electron chi connectivity index (χ2n) is 8.22. The summed E-state index contributed by atoms with van der Waals surface area (Å²) >= 11 is 0. The first kappa shape index (κ1) is 20.3. The first-order valence-corrected chi connectivity index (χ1v) is 10.8. The summed E-state index contributed by atoms with van der Waals surface area (Å²) in [7, 11) is 3.63. The monoisotopic (exact) mass is 427 g/mol. The summed E-state index contributed by atoms with van der Waals surface area (Å²) in [5, 5.41) is 4.44. The SMILES string of the molecule is CCCn1cc(C2=C(c3cn(C)c4ccccc34)C(=O)NC2=O)c2ccc(COC)cc21. The molecule has 0 fully saturated rings. The zero-order valence-electron chi connectivity index (χ0n) is 18.4. The van der Waals surface area contributed by atoms with E-state index in [-0.39, 0.29) is 11.8 Å². The van der Waals surface area contributed by atoms with Gasteiger partial charge in [-0.1, -0.05) is 37.3 Å². The highest BCUT2D eigenvalue weighted by Crippen LogP contribution is 2.39. The van der Waals surface area contributed by atoms with Crippen LogP contribution in [0, 0.1) is 0 Å². The van der Waals surface area contributed by atoms with E-state index in [1.54, 1.807) is 7.11 Å². The van der Waals surface area contributed by atoms with Crippen molar-refractivity contribution < 1.29 is 14.3 Å². The van der Waals surface area contributed by atoms with E-state index in [0.717, 1.165) is 51.5 Å². The first-order chi connectivity index (χ1) is 15.5. The van der Waals surface area contributed by atoms with Crippen molar-refractivity contribution in [1.29, 1.82) is 0 Å². The molecule has 1 aliphatic rings. The third-order valence-electron chi connectivity index (χ3n) is 6.09. The minimum absolute atomic E-state index is 0.352. The van der Waals surface area contributed by atoms with Crippen LogP contribution in [-0.2, 0) is 34.5 Å². The van der Waals surface area contributed by atoms with E-state index in [2.05, 4.69) is 22.9 Å². The molecule has 162 valence electrons. The predicted octanol–water partition coefficient (Wildman–Crippen LogP) is 4.26. The highest BCUT2D eigenvalue weighted by molar-refractivity contribution is 6.50. The number of nitrogens with zero attached hydrogens (tertiary/aromatic N) is 2. The molecule has 0 radical (unpaired) electrons. The number of rotatable bonds is 6. The number of hydrogen-bond donors (Lipinski definition) is 1. The van der Waals surface area contributed by atoms with Crippen LogP contribution in [0.2, 0.25) is 0 Å². The summed E-state index contributed by atoms with van der Waals surface area (Å²) in [6, 6.07) is 14.1. The van der Waals surface area contributed by atoms with Gasteiger partial charge in [0.1, 0.15) is 0 Å². The highest BCUT2D eigenvalue weighted by atomic mass is 16.5. The van der Waals surface area contributed by atoms with Crippen LogP contribution in [0.5, 0.6) is 0 Å². The van der Waals surface area contributed by atoms with Gasteiger partial charge in [0.2, 0.25) is 0 Å². The number of hydrogen-bond acceptors (Lipinski definition) is 3. The Morgan fingerprint density at radius 3 is 2.31 bits per heavy atom. The van der Waals surface area contributed by atoms with Gasteiger partial charge in [-0.25, -0.2) is 0 Å². The predicted molar refractivity (Wildman–Crippen MR) is 126 cm³/mol. The Labute approximate surface area is 186 Å². The number of aryl methyl sites for hydroxylation is 2. The van der Waals surface area contributed by atoms with Gasteiger partial charge >= 0.3 is 0 Å². The van der Waals surface area contributed by atoms with E-state index in [1.165, 1.54) is 0 Å².